The number of ether oxygens (including phenoxy) is 1. The molecule has 1 saturated carbocycles. The molecule has 2 aliphatic rings. The smallest absolute Gasteiger partial charge is 0.323 e. The van der Waals surface area contributed by atoms with Crippen molar-refractivity contribution >= 4 is 45.2 Å². The summed E-state index contributed by atoms with van der Waals surface area (Å²) in [4.78, 5) is 61.3. The van der Waals surface area contributed by atoms with E-state index in [2.05, 4.69) is 15.3 Å². The van der Waals surface area contributed by atoms with Crippen molar-refractivity contribution < 1.29 is 33.4 Å². The number of carboxylic acids is 1. The molecule has 1 aliphatic carbocycles. The molecule has 2 fully saturated rings. The van der Waals surface area contributed by atoms with Gasteiger partial charge in [0.2, 0.25) is 0 Å². The molecule has 13 heteroatoms. The van der Waals surface area contributed by atoms with Gasteiger partial charge in [0.25, 0.3) is 5.91 Å². The summed E-state index contributed by atoms with van der Waals surface area (Å²) in [5.41, 5.74) is 2.38. The molecule has 0 bridgehead atoms. The van der Waals surface area contributed by atoms with Gasteiger partial charge in [0, 0.05) is 57.5 Å². The molecular formula is C34H34FN5O6S. The minimum absolute atomic E-state index is 0.0592. The Balaban J connectivity index is 1.08. The van der Waals surface area contributed by atoms with Crippen molar-refractivity contribution in [3.63, 3.8) is 0 Å². The van der Waals surface area contributed by atoms with Crippen molar-refractivity contribution in [2.75, 3.05) is 26.7 Å². The number of likely N-dealkylation sites (tertiary alicyclic amines) is 1. The largest absolute Gasteiger partial charge is 0.480 e. The SMILES string of the molecule is CN(C(=O)NCC(=O)O)C1CCN(C(=O)c2ccc(-c3cc4nccc(Oc5ccc(CC(=O)CC6CC6)cc5F)c4s3)nc2)CC1. The lowest BCUT2D eigenvalue weighted by Crippen LogP contribution is -2.50. The minimum Gasteiger partial charge on any atom is -0.480 e. The van der Waals surface area contributed by atoms with Gasteiger partial charge in [-0.05, 0) is 67.5 Å². The van der Waals surface area contributed by atoms with Crippen molar-refractivity contribution in [2.24, 2.45) is 5.92 Å². The third-order valence-corrected chi connectivity index (χ3v) is 9.64. The number of carbonyl (C=O) groups excluding carboxylic acids is 3. The fourth-order valence-electron chi connectivity index (χ4n) is 5.67. The van der Waals surface area contributed by atoms with E-state index in [1.54, 1.807) is 48.5 Å². The summed E-state index contributed by atoms with van der Waals surface area (Å²) in [5, 5.41) is 11.1. The number of halogens is 1. The fourth-order valence-corrected chi connectivity index (χ4v) is 6.71. The van der Waals surface area contributed by atoms with Crippen LogP contribution in [-0.4, -0.2) is 81.3 Å². The molecular weight excluding hydrogens is 625 g/mol. The Morgan fingerprint density at radius 1 is 1.04 bits per heavy atom. The van der Waals surface area contributed by atoms with Crippen LogP contribution in [0.15, 0.2) is 54.9 Å². The highest BCUT2D eigenvalue weighted by Gasteiger charge is 2.28. The molecule has 0 spiro atoms. The average molecular weight is 660 g/mol. The van der Waals surface area contributed by atoms with E-state index >= 15 is 0 Å². The van der Waals surface area contributed by atoms with Crippen LogP contribution in [0, 0.1) is 11.7 Å². The number of carbonyl (C=O) groups is 4. The normalized spacial score (nSPS) is 15.0. The summed E-state index contributed by atoms with van der Waals surface area (Å²) >= 11 is 1.40. The van der Waals surface area contributed by atoms with Crippen LogP contribution < -0.4 is 10.1 Å². The zero-order valence-corrected chi connectivity index (χ0v) is 26.6. The van der Waals surface area contributed by atoms with Gasteiger partial charge in [-0.25, -0.2) is 9.18 Å². The first-order valence-corrected chi connectivity index (χ1v) is 16.3. The number of urea groups is 1. The highest BCUT2D eigenvalue weighted by Crippen LogP contribution is 2.39. The number of benzene rings is 1. The third kappa shape index (κ3) is 7.74. The van der Waals surface area contributed by atoms with Crippen LogP contribution in [0.2, 0.25) is 0 Å². The second kappa shape index (κ2) is 13.8. The number of fused-ring (bicyclic) bond motifs is 1. The second-order valence-corrected chi connectivity index (χ2v) is 13.0. The van der Waals surface area contributed by atoms with Crippen molar-refractivity contribution in [2.45, 2.75) is 44.6 Å². The van der Waals surface area contributed by atoms with Crippen LogP contribution in [0.1, 0.15) is 48.0 Å². The molecule has 4 heterocycles. The van der Waals surface area contributed by atoms with Crippen LogP contribution in [-0.2, 0) is 16.0 Å². The van der Waals surface area contributed by atoms with Crippen LogP contribution in [0.5, 0.6) is 11.5 Å². The highest BCUT2D eigenvalue weighted by molar-refractivity contribution is 7.22. The van der Waals surface area contributed by atoms with Crippen molar-refractivity contribution in [1.29, 1.82) is 0 Å². The maximum atomic E-state index is 15.0. The number of nitrogens with zero attached hydrogens (tertiary/aromatic N) is 4. The van der Waals surface area contributed by atoms with Gasteiger partial charge >= 0.3 is 12.0 Å². The number of rotatable bonds is 11. The number of hydrogen-bond acceptors (Lipinski definition) is 8. The summed E-state index contributed by atoms with van der Waals surface area (Å²) in [5.74, 6) is -0.682. The maximum Gasteiger partial charge on any atom is 0.323 e. The third-order valence-electron chi connectivity index (χ3n) is 8.48. The maximum absolute atomic E-state index is 15.0. The molecule has 0 radical (unpaired) electrons. The van der Waals surface area contributed by atoms with E-state index in [-0.39, 0.29) is 29.9 Å². The first-order valence-electron chi connectivity index (χ1n) is 15.5. The number of aromatic nitrogens is 2. The van der Waals surface area contributed by atoms with E-state index in [1.807, 2.05) is 6.07 Å². The molecule has 2 N–H and O–H groups in total. The topological polar surface area (TPSA) is 142 Å². The monoisotopic (exact) mass is 659 g/mol. The number of piperidine rings is 1. The van der Waals surface area contributed by atoms with Crippen molar-refractivity contribution in [3.8, 4) is 22.1 Å². The number of pyridine rings is 2. The minimum atomic E-state index is -1.11. The Hall–Kier alpha value is -4.91. The van der Waals surface area contributed by atoms with E-state index in [1.165, 1.54) is 28.5 Å². The Kier molecular flexibility index (Phi) is 9.43. The highest BCUT2D eigenvalue weighted by atomic mass is 32.1. The first kappa shape index (κ1) is 32.0. The Bertz CT molecular complexity index is 1820. The zero-order chi connectivity index (χ0) is 33.1. The molecule has 244 valence electrons. The predicted octanol–water partition coefficient (Wildman–Crippen LogP) is 5.53. The van der Waals surface area contributed by atoms with Crippen LogP contribution in [0.3, 0.4) is 0 Å². The predicted molar refractivity (Wildman–Crippen MR) is 173 cm³/mol. The standard InChI is InChI=1S/C34H34FN5O6S/c1-39(34(45)38-19-31(42)43)23-9-12-40(13-10-23)33(44)22-5-6-26(37-18-22)30-17-27-32(47-30)29(8-11-36-27)46-28-7-4-21(16-25(28)35)15-24(41)14-20-2-3-20/h4-8,11,16-18,20,23H,2-3,9-10,12-15,19H2,1H3,(H,38,45)(H,42,43). The van der Waals surface area contributed by atoms with E-state index in [4.69, 9.17) is 9.84 Å². The van der Waals surface area contributed by atoms with Gasteiger partial charge in [-0.1, -0.05) is 6.07 Å². The van der Waals surface area contributed by atoms with Gasteiger partial charge < -0.3 is 25.0 Å². The summed E-state index contributed by atoms with van der Waals surface area (Å²) < 4.78 is 21.7. The Labute approximate surface area is 274 Å². The average Bonchev–Trinajstić information content (AvgIpc) is 3.77. The molecule has 1 aliphatic heterocycles. The molecule has 3 aromatic heterocycles. The van der Waals surface area contributed by atoms with Gasteiger partial charge in [-0.3, -0.25) is 24.4 Å². The summed E-state index contributed by atoms with van der Waals surface area (Å²) in [6, 6.07) is 11.1. The van der Waals surface area contributed by atoms with Gasteiger partial charge in [0.05, 0.1) is 26.4 Å². The Morgan fingerprint density at radius 3 is 2.51 bits per heavy atom. The summed E-state index contributed by atoms with van der Waals surface area (Å²) in [7, 11) is 1.62. The van der Waals surface area contributed by atoms with Crippen LogP contribution in [0.25, 0.3) is 20.8 Å². The zero-order valence-electron chi connectivity index (χ0n) is 25.8. The fraction of sp³-hybridized carbons (Fsp3) is 0.353. The molecule has 1 aromatic carbocycles. The van der Waals surface area contributed by atoms with E-state index in [9.17, 15) is 23.6 Å². The molecule has 0 unspecified atom stereocenters. The molecule has 6 rings (SSSR count). The quantitative estimate of drug-likeness (QED) is 0.214. The molecule has 11 nitrogen and oxygen atoms in total. The number of amides is 3. The molecule has 1 saturated heterocycles. The lowest BCUT2D eigenvalue weighted by molar-refractivity contribution is -0.135. The van der Waals surface area contributed by atoms with Gasteiger partial charge in [0.15, 0.2) is 11.6 Å². The number of carboxylic acid groups (broad SMARTS) is 1. The van der Waals surface area contributed by atoms with E-state index in [0.717, 1.165) is 22.4 Å². The summed E-state index contributed by atoms with van der Waals surface area (Å²) in [6.45, 7) is 0.457. The van der Waals surface area contributed by atoms with Crippen LogP contribution in [0.4, 0.5) is 9.18 Å². The molecule has 4 aromatic rings. The number of Topliss-reactive ketones (excluding diaryl/α,β-unsaturated/α-hetero) is 1. The number of aliphatic carboxylic acids is 1. The van der Waals surface area contributed by atoms with Crippen molar-refractivity contribution in [3.05, 3.63) is 71.8 Å². The second-order valence-electron chi connectivity index (χ2n) is 12.0. The Morgan fingerprint density at radius 2 is 1.83 bits per heavy atom. The van der Waals surface area contributed by atoms with Gasteiger partial charge in [-0.2, -0.15) is 0 Å². The van der Waals surface area contributed by atoms with E-state index in [0.29, 0.717) is 66.4 Å². The van der Waals surface area contributed by atoms with Crippen molar-refractivity contribution in [1.82, 2.24) is 25.1 Å². The van der Waals surface area contributed by atoms with Gasteiger partial charge in [0.1, 0.15) is 18.1 Å². The first-order chi connectivity index (χ1) is 22.6. The lowest BCUT2D eigenvalue weighted by Gasteiger charge is -2.36. The number of hydrogen-bond donors (Lipinski definition) is 2. The molecule has 47 heavy (non-hydrogen) atoms. The molecule has 3 amide bonds. The number of thiophene rings is 1. The van der Waals surface area contributed by atoms with E-state index < -0.39 is 24.4 Å². The lowest BCUT2D eigenvalue weighted by atomic mass is 10.0. The molecule has 0 atom stereocenters. The summed E-state index contributed by atoms with van der Waals surface area (Å²) in [6.07, 6.45) is 7.24. The number of ketones is 1. The van der Waals surface area contributed by atoms with Crippen LogP contribution >= 0.6 is 11.3 Å². The van der Waals surface area contributed by atoms with Gasteiger partial charge in [-0.15, -0.1) is 11.3 Å². The number of nitrogens with one attached hydrogen (secondary N) is 1.